The molecule has 0 fully saturated rings. The number of carbonyl (C=O) groups is 1. The number of benzene rings is 3. The van der Waals surface area contributed by atoms with E-state index in [1.807, 2.05) is 30.3 Å². The Balaban J connectivity index is 2.00. The van der Waals surface area contributed by atoms with Crippen LogP contribution in [0.4, 0.5) is 10.1 Å². The molecule has 0 N–H and O–H groups in total. The van der Waals surface area contributed by atoms with E-state index in [0.717, 1.165) is 15.9 Å². The SMILES string of the molecule is COc1ccc(S(=O)(=O)N(CC(=O)N(C)Cc2ccccc2)c2ccc(F)c(Cl)c2)cc1OC. The van der Waals surface area contributed by atoms with Crippen LogP contribution in [0.25, 0.3) is 0 Å². The lowest BCUT2D eigenvalue weighted by atomic mass is 10.2. The van der Waals surface area contributed by atoms with Crippen molar-refractivity contribution in [1.82, 2.24) is 4.90 Å². The van der Waals surface area contributed by atoms with Gasteiger partial charge < -0.3 is 14.4 Å². The molecule has 0 heterocycles. The van der Waals surface area contributed by atoms with Crippen LogP contribution >= 0.6 is 11.6 Å². The molecule has 0 aromatic heterocycles. The summed E-state index contributed by atoms with van der Waals surface area (Å²) < 4.78 is 52.4. The molecule has 0 saturated carbocycles. The molecule has 1 amide bonds. The van der Waals surface area contributed by atoms with Crippen molar-refractivity contribution in [2.24, 2.45) is 0 Å². The minimum atomic E-state index is -4.27. The summed E-state index contributed by atoms with van der Waals surface area (Å²) in [5.74, 6) is -0.626. The first kappa shape index (κ1) is 25.3. The molecule has 0 spiro atoms. The molecule has 0 saturated heterocycles. The quantitative estimate of drug-likeness (QED) is 0.431. The second kappa shape index (κ2) is 10.8. The van der Waals surface area contributed by atoms with Gasteiger partial charge in [-0.15, -0.1) is 0 Å². The van der Waals surface area contributed by atoms with Gasteiger partial charge in [-0.2, -0.15) is 0 Å². The Kier molecular flexibility index (Phi) is 8.01. The average molecular weight is 507 g/mol. The predicted molar refractivity (Wildman–Crippen MR) is 128 cm³/mol. The molecule has 0 atom stereocenters. The number of methoxy groups -OCH3 is 2. The van der Waals surface area contributed by atoms with Crippen molar-refractivity contribution in [3.05, 3.63) is 83.1 Å². The Hall–Kier alpha value is -3.30. The van der Waals surface area contributed by atoms with Gasteiger partial charge in [0.05, 0.1) is 29.8 Å². The van der Waals surface area contributed by atoms with E-state index in [9.17, 15) is 17.6 Å². The Morgan fingerprint density at radius 1 is 0.971 bits per heavy atom. The molecule has 0 aliphatic carbocycles. The maximum Gasteiger partial charge on any atom is 0.264 e. The molecule has 10 heteroatoms. The Morgan fingerprint density at radius 3 is 2.26 bits per heavy atom. The van der Waals surface area contributed by atoms with Crippen molar-refractivity contribution in [3.8, 4) is 11.5 Å². The van der Waals surface area contributed by atoms with Crippen molar-refractivity contribution >= 4 is 33.2 Å². The van der Waals surface area contributed by atoms with Gasteiger partial charge in [0, 0.05) is 19.7 Å². The summed E-state index contributed by atoms with van der Waals surface area (Å²) in [5, 5.41) is -0.268. The molecule has 0 bridgehead atoms. The van der Waals surface area contributed by atoms with Crippen LogP contribution in [0.5, 0.6) is 11.5 Å². The maximum absolute atomic E-state index is 13.8. The van der Waals surface area contributed by atoms with Crippen molar-refractivity contribution in [1.29, 1.82) is 0 Å². The van der Waals surface area contributed by atoms with Crippen LogP contribution < -0.4 is 13.8 Å². The number of amides is 1. The predicted octanol–water partition coefficient (Wildman–Crippen LogP) is 4.35. The third kappa shape index (κ3) is 5.60. The fraction of sp³-hybridized carbons (Fsp3) is 0.208. The molecular weight excluding hydrogens is 483 g/mol. The van der Waals surface area contributed by atoms with Gasteiger partial charge in [-0.25, -0.2) is 12.8 Å². The molecule has 34 heavy (non-hydrogen) atoms. The molecule has 3 aromatic rings. The summed E-state index contributed by atoms with van der Waals surface area (Å²) in [6, 6.07) is 16.8. The molecule has 3 rings (SSSR count). The lowest BCUT2D eigenvalue weighted by molar-refractivity contribution is -0.128. The second-order valence-corrected chi connectivity index (χ2v) is 9.63. The van der Waals surface area contributed by atoms with Crippen LogP contribution in [0.3, 0.4) is 0 Å². The number of hydrogen-bond acceptors (Lipinski definition) is 5. The summed E-state index contributed by atoms with van der Waals surface area (Å²) in [6.45, 7) is -0.240. The largest absolute Gasteiger partial charge is 0.493 e. The number of sulfonamides is 1. The topological polar surface area (TPSA) is 76.2 Å². The zero-order valence-electron chi connectivity index (χ0n) is 18.9. The van der Waals surface area contributed by atoms with Gasteiger partial charge in [0.1, 0.15) is 12.4 Å². The number of carbonyl (C=O) groups excluding carboxylic acids is 1. The first-order valence-corrected chi connectivity index (χ1v) is 12.0. The van der Waals surface area contributed by atoms with E-state index in [1.54, 1.807) is 7.05 Å². The first-order valence-electron chi connectivity index (χ1n) is 10.1. The molecule has 7 nitrogen and oxygen atoms in total. The highest BCUT2D eigenvalue weighted by atomic mass is 35.5. The summed E-state index contributed by atoms with van der Waals surface area (Å²) >= 11 is 5.92. The number of ether oxygens (including phenoxy) is 2. The van der Waals surface area contributed by atoms with E-state index in [2.05, 4.69) is 0 Å². The minimum absolute atomic E-state index is 0.0441. The van der Waals surface area contributed by atoms with Crippen molar-refractivity contribution in [2.75, 3.05) is 32.1 Å². The van der Waals surface area contributed by atoms with Gasteiger partial charge in [0.2, 0.25) is 5.91 Å². The van der Waals surface area contributed by atoms with Crippen LogP contribution in [-0.4, -0.2) is 47.0 Å². The molecule has 0 radical (unpaired) electrons. The van der Waals surface area contributed by atoms with Crippen LogP contribution in [0.2, 0.25) is 5.02 Å². The van der Waals surface area contributed by atoms with Crippen LogP contribution in [-0.2, 0) is 21.4 Å². The second-order valence-electron chi connectivity index (χ2n) is 7.36. The van der Waals surface area contributed by atoms with E-state index in [-0.39, 0.29) is 27.9 Å². The van der Waals surface area contributed by atoms with Crippen molar-refractivity contribution in [2.45, 2.75) is 11.4 Å². The van der Waals surface area contributed by atoms with Crippen LogP contribution in [0.1, 0.15) is 5.56 Å². The zero-order chi connectivity index (χ0) is 24.9. The smallest absolute Gasteiger partial charge is 0.264 e. The average Bonchev–Trinajstić information content (AvgIpc) is 2.84. The van der Waals surface area contributed by atoms with E-state index in [0.29, 0.717) is 5.75 Å². The number of anilines is 1. The fourth-order valence-electron chi connectivity index (χ4n) is 3.25. The van der Waals surface area contributed by atoms with Crippen LogP contribution in [0.15, 0.2) is 71.6 Å². The molecule has 3 aromatic carbocycles. The molecular formula is C24H24ClFN2O5S. The molecule has 0 aliphatic heterocycles. The molecule has 0 unspecified atom stereocenters. The van der Waals surface area contributed by atoms with E-state index in [4.69, 9.17) is 21.1 Å². The zero-order valence-corrected chi connectivity index (χ0v) is 20.4. The van der Waals surface area contributed by atoms with E-state index >= 15 is 0 Å². The van der Waals surface area contributed by atoms with E-state index < -0.39 is 28.3 Å². The normalized spacial score (nSPS) is 11.1. The van der Waals surface area contributed by atoms with Gasteiger partial charge in [0.15, 0.2) is 11.5 Å². The number of hydrogen-bond donors (Lipinski definition) is 0. The highest BCUT2D eigenvalue weighted by molar-refractivity contribution is 7.92. The minimum Gasteiger partial charge on any atom is -0.493 e. The highest BCUT2D eigenvalue weighted by Crippen LogP contribution is 2.33. The van der Waals surface area contributed by atoms with Gasteiger partial charge in [-0.3, -0.25) is 9.10 Å². The van der Waals surface area contributed by atoms with Gasteiger partial charge in [0.25, 0.3) is 10.0 Å². The Labute approximate surface area is 203 Å². The number of likely N-dealkylation sites (N-methyl/N-ethyl adjacent to an activating group) is 1. The van der Waals surface area contributed by atoms with Gasteiger partial charge in [-0.1, -0.05) is 41.9 Å². The number of nitrogens with zero attached hydrogens (tertiary/aromatic N) is 2. The van der Waals surface area contributed by atoms with Crippen molar-refractivity contribution in [3.63, 3.8) is 0 Å². The Morgan fingerprint density at radius 2 is 1.65 bits per heavy atom. The number of halogens is 2. The molecule has 180 valence electrons. The van der Waals surface area contributed by atoms with Crippen LogP contribution in [0, 0.1) is 5.82 Å². The number of rotatable bonds is 9. The van der Waals surface area contributed by atoms with Crippen molar-refractivity contribution < 1.29 is 27.1 Å². The summed E-state index contributed by atoms with van der Waals surface area (Å²) in [5.41, 5.74) is 0.931. The fourth-order valence-corrected chi connectivity index (χ4v) is 4.85. The van der Waals surface area contributed by atoms with E-state index in [1.165, 1.54) is 49.5 Å². The standard InChI is InChI=1S/C24H24ClFN2O5S/c1-27(15-17-7-5-4-6-8-17)24(29)16-28(18-9-11-21(26)20(25)13-18)34(30,31)19-10-12-22(32-2)23(14-19)33-3/h4-14H,15-16H2,1-3H3. The lowest BCUT2D eigenvalue weighted by Crippen LogP contribution is -2.41. The summed E-state index contributed by atoms with van der Waals surface area (Å²) in [7, 11) is 0.117. The third-order valence-corrected chi connectivity index (χ3v) is 7.16. The third-order valence-electron chi connectivity index (χ3n) is 5.10. The monoisotopic (exact) mass is 506 g/mol. The first-order chi connectivity index (χ1) is 16.2. The summed E-state index contributed by atoms with van der Waals surface area (Å²) in [6.07, 6.45) is 0. The maximum atomic E-state index is 13.8. The molecule has 0 aliphatic rings. The highest BCUT2D eigenvalue weighted by Gasteiger charge is 2.30. The lowest BCUT2D eigenvalue weighted by Gasteiger charge is -2.27. The van der Waals surface area contributed by atoms with Gasteiger partial charge in [-0.05, 0) is 35.9 Å². The summed E-state index contributed by atoms with van der Waals surface area (Å²) in [4.78, 5) is 14.3. The van der Waals surface area contributed by atoms with Gasteiger partial charge >= 0.3 is 0 Å². The Bertz CT molecular complexity index is 1270.